The molecule has 0 saturated heterocycles. The van der Waals surface area contributed by atoms with Crippen molar-refractivity contribution in [1.29, 1.82) is 0 Å². The molecule has 0 aromatic carbocycles. The number of nitrogen functional groups attached to an aromatic ring is 1. The van der Waals surface area contributed by atoms with Crippen LogP contribution >= 0.6 is 11.3 Å². The molecule has 2 aromatic rings. The number of aryl methyl sites for hydroxylation is 2. The molecule has 1 aliphatic carbocycles. The molecule has 0 fully saturated rings. The van der Waals surface area contributed by atoms with Gasteiger partial charge >= 0.3 is 0 Å². The molecule has 3 rings (SSSR count). The zero-order valence-electron chi connectivity index (χ0n) is 8.90. The SMILES string of the molecule is Nc1noc(-c2cc3c(s2)CCCCC3)n1. The molecule has 5 heteroatoms. The van der Waals surface area contributed by atoms with Crippen LogP contribution in [0.25, 0.3) is 10.8 Å². The lowest BCUT2D eigenvalue weighted by atomic mass is 10.1. The van der Waals surface area contributed by atoms with E-state index in [2.05, 4.69) is 16.2 Å². The third-order valence-electron chi connectivity index (χ3n) is 2.90. The van der Waals surface area contributed by atoms with E-state index in [1.54, 1.807) is 11.3 Å². The van der Waals surface area contributed by atoms with Crippen LogP contribution in [-0.2, 0) is 12.8 Å². The highest BCUT2D eigenvalue weighted by atomic mass is 32.1. The van der Waals surface area contributed by atoms with Crippen LogP contribution in [0.1, 0.15) is 29.7 Å². The molecule has 0 unspecified atom stereocenters. The van der Waals surface area contributed by atoms with E-state index in [-0.39, 0.29) is 5.95 Å². The molecule has 0 atom stereocenters. The van der Waals surface area contributed by atoms with E-state index in [0.29, 0.717) is 5.89 Å². The maximum absolute atomic E-state index is 5.45. The number of hydrogen-bond acceptors (Lipinski definition) is 5. The summed E-state index contributed by atoms with van der Waals surface area (Å²) >= 11 is 1.76. The lowest BCUT2D eigenvalue weighted by Crippen LogP contribution is -1.84. The summed E-state index contributed by atoms with van der Waals surface area (Å²) in [7, 11) is 0. The molecule has 2 N–H and O–H groups in total. The molecule has 0 aliphatic heterocycles. The first-order valence-corrected chi connectivity index (χ1v) is 6.36. The first-order chi connectivity index (χ1) is 7.83. The van der Waals surface area contributed by atoms with Crippen LogP contribution < -0.4 is 5.73 Å². The summed E-state index contributed by atoms with van der Waals surface area (Å²) in [5, 5.41) is 3.62. The number of aromatic nitrogens is 2. The highest BCUT2D eigenvalue weighted by Crippen LogP contribution is 2.34. The van der Waals surface area contributed by atoms with E-state index in [4.69, 9.17) is 10.3 Å². The second-order valence-corrected chi connectivity index (χ2v) is 5.21. The highest BCUT2D eigenvalue weighted by Gasteiger charge is 2.16. The zero-order chi connectivity index (χ0) is 11.0. The number of nitrogens with two attached hydrogens (primary N) is 1. The Kier molecular flexibility index (Phi) is 2.40. The Morgan fingerprint density at radius 3 is 2.94 bits per heavy atom. The van der Waals surface area contributed by atoms with Gasteiger partial charge in [-0.05, 0) is 42.5 Å². The van der Waals surface area contributed by atoms with Crippen molar-refractivity contribution in [3.8, 4) is 10.8 Å². The van der Waals surface area contributed by atoms with E-state index in [1.165, 1.54) is 42.5 Å². The predicted octanol–water partition coefficient (Wildman–Crippen LogP) is 2.65. The summed E-state index contributed by atoms with van der Waals surface area (Å²) in [5.74, 6) is 0.758. The van der Waals surface area contributed by atoms with Crippen LogP contribution in [0.3, 0.4) is 0 Å². The van der Waals surface area contributed by atoms with Gasteiger partial charge in [0.25, 0.3) is 11.8 Å². The van der Waals surface area contributed by atoms with Gasteiger partial charge in [-0.1, -0.05) is 6.42 Å². The number of thiophene rings is 1. The van der Waals surface area contributed by atoms with Gasteiger partial charge in [-0.25, -0.2) is 0 Å². The van der Waals surface area contributed by atoms with Gasteiger partial charge in [0.2, 0.25) is 0 Å². The minimum absolute atomic E-state index is 0.207. The van der Waals surface area contributed by atoms with E-state index in [1.807, 2.05) is 0 Å². The van der Waals surface area contributed by atoms with E-state index in [0.717, 1.165) is 4.88 Å². The van der Waals surface area contributed by atoms with Gasteiger partial charge in [-0.3, -0.25) is 0 Å². The normalized spacial score (nSPS) is 15.8. The van der Waals surface area contributed by atoms with Crippen LogP contribution in [0.15, 0.2) is 10.6 Å². The molecule has 0 spiro atoms. The Labute approximate surface area is 97.5 Å². The summed E-state index contributed by atoms with van der Waals surface area (Å²) in [6.45, 7) is 0. The quantitative estimate of drug-likeness (QED) is 0.772. The van der Waals surface area contributed by atoms with Crippen LogP contribution in [0, 0.1) is 0 Å². The molecule has 84 valence electrons. The summed E-state index contributed by atoms with van der Waals surface area (Å²) in [6, 6.07) is 2.18. The Morgan fingerprint density at radius 2 is 2.12 bits per heavy atom. The van der Waals surface area contributed by atoms with Crippen LogP contribution in [-0.4, -0.2) is 10.1 Å². The van der Waals surface area contributed by atoms with Crippen LogP contribution in [0.2, 0.25) is 0 Å². The monoisotopic (exact) mass is 235 g/mol. The first-order valence-electron chi connectivity index (χ1n) is 5.54. The number of nitrogens with zero attached hydrogens (tertiary/aromatic N) is 2. The van der Waals surface area contributed by atoms with Crippen molar-refractivity contribution < 1.29 is 4.52 Å². The zero-order valence-corrected chi connectivity index (χ0v) is 9.72. The topological polar surface area (TPSA) is 64.9 Å². The van der Waals surface area contributed by atoms with Crippen molar-refractivity contribution in [3.05, 3.63) is 16.5 Å². The minimum Gasteiger partial charge on any atom is -0.365 e. The van der Waals surface area contributed by atoms with E-state index in [9.17, 15) is 0 Å². The van der Waals surface area contributed by atoms with Crippen molar-refractivity contribution >= 4 is 17.3 Å². The molecule has 1 aliphatic rings. The Balaban J connectivity index is 1.98. The standard InChI is InChI=1S/C11H13N3OS/c12-11-13-10(15-14-11)9-6-7-4-2-1-3-5-8(7)16-9/h6H,1-5H2,(H2,12,14). The van der Waals surface area contributed by atoms with Gasteiger partial charge in [0, 0.05) is 4.88 Å². The Morgan fingerprint density at radius 1 is 1.25 bits per heavy atom. The third-order valence-corrected chi connectivity index (χ3v) is 4.12. The molecular weight excluding hydrogens is 222 g/mol. The largest absolute Gasteiger partial charge is 0.365 e. The first kappa shape index (κ1) is 9.84. The van der Waals surface area contributed by atoms with Gasteiger partial charge in [0.15, 0.2) is 0 Å². The fraction of sp³-hybridized carbons (Fsp3) is 0.455. The summed E-state index contributed by atoms with van der Waals surface area (Å²) in [6.07, 6.45) is 6.28. The third kappa shape index (κ3) is 1.71. The molecule has 4 nitrogen and oxygen atoms in total. The van der Waals surface area contributed by atoms with Gasteiger partial charge in [-0.15, -0.1) is 11.3 Å². The summed E-state index contributed by atoms with van der Waals surface area (Å²) < 4.78 is 5.08. The van der Waals surface area contributed by atoms with E-state index >= 15 is 0 Å². The number of rotatable bonds is 1. The van der Waals surface area contributed by atoms with Crippen molar-refractivity contribution in [2.24, 2.45) is 0 Å². The minimum atomic E-state index is 0.207. The maximum atomic E-state index is 5.45. The average molecular weight is 235 g/mol. The fourth-order valence-electron chi connectivity index (χ4n) is 2.11. The molecule has 0 radical (unpaired) electrons. The maximum Gasteiger partial charge on any atom is 0.269 e. The van der Waals surface area contributed by atoms with Crippen molar-refractivity contribution in [1.82, 2.24) is 10.1 Å². The van der Waals surface area contributed by atoms with Crippen LogP contribution in [0.5, 0.6) is 0 Å². The Hall–Kier alpha value is -1.36. The van der Waals surface area contributed by atoms with Gasteiger partial charge in [0.1, 0.15) is 0 Å². The lowest BCUT2D eigenvalue weighted by Gasteiger charge is -1.92. The average Bonchev–Trinajstić information content (AvgIpc) is 2.81. The number of fused-ring (bicyclic) bond motifs is 1. The summed E-state index contributed by atoms with van der Waals surface area (Å²) in [4.78, 5) is 6.59. The number of hydrogen-bond donors (Lipinski definition) is 1. The second-order valence-electron chi connectivity index (χ2n) is 4.08. The molecule has 0 bridgehead atoms. The van der Waals surface area contributed by atoms with E-state index < -0.39 is 0 Å². The second kappa shape index (κ2) is 3.90. The molecule has 16 heavy (non-hydrogen) atoms. The number of anilines is 1. The molecule has 2 aromatic heterocycles. The molecular formula is C11H13N3OS. The molecule has 0 amide bonds. The smallest absolute Gasteiger partial charge is 0.269 e. The van der Waals surface area contributed by atoms with Gasteiger partial charge in [0.05, 0.1) is 4.88 Å². The molecule has 2 heterocycles. The summed E-state index contributed by atoms with van der Waals surface area (Å²) in [5.41, 5.74) is 6.90. The van der Waals surface area contributed by atoms with Crippen LogP contribution in [0.4, 0.5) is 5.95 Å². The van der Waals surface area contributed by atoms with Gasteiger partial charge < -0.3 is 10.3 Å². The van der Waals surface area contributed by atoms with Crippen molar-refractivity contribution in [2.45, 2.75) is 32.1 Å². The predicted molar refractivity (Wildman–Crippen MR) is 63.3 cm³/mol. The lowest BCUT2D eigenvalue weighted by molar-refractivity contribution is 0.434. The van der Waals surface area contributed by atoms with Gasteiger partial charge in [-0.2, -0.15) is 4.98 Å². The molecule has 0 saturated carbocycles. The van der Waals surface area contributed by atoms with Crippen molar-refractivity contribution in [3.63, 3.8) is 0 Å². The van der Waals surface area contributed by atoms with Crippen molar-refractivity contribution in [2.75, 3.05) is 5.73 Å². The Bertz CT molecular complexity index is 480. The fourth-order valence-corrected chi connectivity index (χ4v) is 3.28. The highest BCUT2D eigenvalue weighted by molar-refractivity contribution is 7.15.